The lowest BCUT2D eigenvalue weighted by atomic mass is 10.1. The zero-order valence-corrected chi connectivity index (χ0v) is 14.2. The highest BCUT2D eigenvalue weighted by atomic mass is 16.6. The SMILES string of the molecule is CCOC(=O)COc1ccccc1/C=C(\C#N)C(=O)NCc1ccco1. The van der Waals surface area contributed by atoms with Crippen LogP contribution in [0, 0.1) is 11.3 Å². The van der Waals surface area contributed by atoms with E-state index in [9.17, 15) is 14.9 Å². The molecular weight excluding hydrogens is 336 g/mol. The maximum absolute atomic E-state index is 12.2. The second kappa shape index (κ2) is 9.69. The van der Waals surface area contributed by atoms with Crippen LogP contribution < -0.4 is 10.1 Å². The van der Waals surface area contributed by atoms with Gasteiger partial charge >= 0.3 is 5.97 Å². The van der Waals surface area contributed by atoms with Crippen molar-refractivity contribution in [1.82, 2.24) is 5.32 Å². The Morgan fingerprint density at radius 3 is 2.77 bits per heavy atom. The third-order valence-electron chi connectivity index (χ3n) is 3.24. The molecule has 0 bridgehead atoms. The maximum Gasteiger partial charge on any atom is 0.344 e. The Bertz CT molecular complexity index is 819. The number of rotatable bonds is 8. The molecule has 0 saturated heterocycles. The number of esters is 1. The first kappa shape index (κ1) is 18.8. The number of amides is 1. The summed E-state index contributed by atoms with van der Waals surface area (Å²) in [4.78, 5) is 23.6. The second-order valence-corrected chi connectivity index (χ2v) is 5.06. The van der Waals surface area contributed by atoms with Crippen LogP contribution in [0.1, 0.15) is 18.2 Å². The maximum atomic E-state index is 12.2. The molecule has 1 N–H and O–H groups in total. The van der Waals surface area contributed by atoms with Crippen molar-refractivity contribution in [3.8, 4) is 11.8 Å². The van der Waals surface area contributed by atoms with Crippen LogP contribution in [0.4, 0.5) is 0 Å². The van der Waals surface area contributed by atoms with Crippen molar-refractivity contribution >= 4 is 18.0 Å². The molecule has 134 valence electrons. The summed E-state index contributed by atoms with van der Waals surface area (Å²) in [7, 11) is 0. The predicted octanol–water partition coefficient (Wildman–Crippen LogP) is 2.44. The zero-order chi connectivity index (χ0) is 18.8. The standard InChI is InChI=1S/C19H18N2O5/c1-2-24-18(22)13-26-17-8-4-3-6-14(17)10-15(11-20)19(23)21-12-16-7-5-9-25-16/h3-10H,2,12-13H2,1H3,(H,21,23)/b15-10+. The smallest absolute Gasteiger partial charge is 0.344 e. The molecule has 7 heteroatoms. The lowest BCUT2D eigenvalue weighted by molar-refractivity contribution is -0.145. The van der Waals surface area contributed by atoms with Gasteiger partial charge in [0.05, 0.1) is 19.4 Å². The molecule has 0 saturated carbocycles. The number of nitrogens with zero attached hydrogens (tertiary/aromatic N) is 1. The number of ether oxygens (including phenoxy) is 2. The average Bonchev–Trinajstić information content (AvgIpc) is 3.17. The van der Waals surface area contributed by atoms with Gasteiger partial charge in [-0.15, -0.1) is 0 Å². The molecule has 1 heterocycles. The fraction of sp³-hybridized carbons (Fsp3) is 0.211. The van der Waals surface area contributed by atoms with Crippen molar-refractivity contribution in [2.75, 3.05) is 13.2 Å². The van der Waals surface area contributed by atoms with Gasteiger partial charge in [0, 0.05) is 5.56 Å². The molecular formula is C19H18N2O5. The van der Waals surface area contributed by atoms with E-state index in [4.69, 9.17) is 13.9 Å². The molecule has 0 unspecified atom stereocenters. The normalized spacial score (nSPS) is 10.7. The quantitative estimate of drug-likeness (QED) is 0.444. The van der Waals surface area contributed by atoms with E-state index in [1.165, 1.54) is 12.3 Å². The molecule has 26 heavy (non-hydrogen) atoms. The lowest BCUT2D eigenvalue weighted by Crippen LogP contribution is -2.23. The highest BCUT2D eigenvalue weighted by Crippen LogP contribution is 2.21. The molecule has 1 aromatic heterocycles. The fourth-order valence-corrected chi connectivity index (χ4v) is 2.05. The summed E-state index contributed by atoms with van der Waals surface area (Å²) in [6.07, 6.45) is 2.90. The number of nitrogens with one attached hydrogen (secondary N) is 1. The Hall–Kier alpha value is -3.53. The van der Waals surface area contributed by atoms with E-state index >= 15 is 0 Å². The van der Waals surface area contributed by atoms with Crippen LogP contribution in [0.15, 0.2) is 52.7 Å². The van der Waals surface area contributed by atoms with Crippen molar-refractivity contribution in [2.24, 2.45) is 0 Å². The Morgan fingerprint density at radius 1 is 1.27 bits per heavy atom. The van der Waals surface area contributed by atoms with Gasteiger partial charge in [-0.05, 0) is 31.2 Å². The largest absolute Gasteiger partial charge is 0.481 e. The molecule has 2 rings (SSSR count). The van der Waals surface area contributed by atoms with Gasteiger partial charge in [0.15, 0.2) is 6.61 Å². The molecule has 0 spiro atoms. The zero-order valence-electron chi connectivity index (χ0n) is 14.2. The van der Waals surface area contributed by atoms with E-state index < -0.39 is 11.9 Å². The van der Waals surface area contributed by atoms with Crippen LogP contribution in [0.5, 0.6) is 5.75 Å². The summed E-state index contributed by atoms with van der Waals surface area (Å²) < 4.78 is 15.4. The number of carbonyl (C=O) groups excluding carboxylic acids is 2. The van der Waals surface area contributed by atoms with E-state index in [-0.39, 0.29) is 25.3 Å². The number of benzene rings is 1. The van der Waals surface area contributed by atoms with Crippen LogP contribution in [0.3, 0.4) is 0 Å². The number of hydrogen-bond donors (Lipinski definition) is 1. The molecule has 2 aromatic rings. The molecule has 1 amide bonds. The van der Waals surface area contributed by atoms with Crippen LogP contribution in [-0.4, -0.2) is 25.1 Å². The molecule has 1 aromatic carbocycles. The Morgan fingerprint density at radius 2 is 2.08 bits per heavy atom. The van der Waals surface area contributed by atoms with E-state index in [1.54, 1.807) is 43.3 Å². The number of para-hydroxylation sites is 1. The van der Waals surface area contributed by atoms with E-state index in [0.717, 1.165) is 0 Å². The van der Waals surface area contributed by atoms with Gasteiger partial charge in [-0.25, -0.2) is 4.79 Å². The van der Waals surface area contributed by atoms with Crippen molar-refractivity contribution in [1.29, 1.82) is 5.26 Å². The highest BCUT2D eigenvalue weighted by Gasteiger charge is 2.12. The number of hydrogen-bond acceptors (Lipinski definition) is 6. The number of carbonyl (C=O) groups is 2. The van der Waals surface area contributed by atoms with Gasteiger partial charge in [0.1, 0.15) is 23.2 Å². The summed E-state index contributed by atoms with van der Waals surface area (Å²) in [6, 6.07) is 12.1. The van der Waals surface area contributed by atoms with Gasteiger partial charge in [0.2, 0.25) is 0 Å². The first-order valence-electron chi connectivity index (χ1n) is 7.94. The molecule has 0 aliphatic rings. The van der Waals surface area contributed by atoms with E-state index in [0.29, 0.717) is 17.1 Å². The fourth-order valence-electron chi connectivity index (χ4n) is 2.05. The average molecular weight is 354 g/mol. The van der Waals surface area contributed by atoms with Gasteiger partial charge in [-0.3, -0.25) is 4.79 Å². The van der Waals surface area contributed by atoms with Crippen LogP contribution in [0.25, 0.3) is 6.08 Å². The van der Waals surface area contributed by atoms with Gasteiger partial charge < -0.3 is 19.2 Å². The third-order valence-corrected chi connectivity index (χ3v) is 3.24. The Labute approximate surface area is 150 Å². The molecule has 7 nitrogen and oxygen atoms in total. The summed E-state index contributed by atoms with van der Waals surface area (Å²) in [5, 5.41) is 11.9. The van der Waals surface area contributed by atoms with Gasteiger partial charge in [-0.1, -0.05) is 18.2 Å². The van der Waals surface area contributed by atoms with Crippen LogP contribution in [-0.2, 0) is 20.9 Å². The van der Waals surface area contributed by atoms with E-state index in [2.05, 4.69) is 5.32 Å². The van der Waals surface area contributed by atoms with Gasteiger partial charge in [-0.2, -0.15) is 5.26 Å². The summed E-state index contributed by atoms with van der Waals surface area (Å²) >= 11 is 0. The first-order valence-corrected chi connectivity index (χ1v) is 7.94. The number of nitriles is 1. The number of furan rings is 1. The molecule has 0 aliphatic carbocycles. The monoisotopic (exact) mass is 354 g/mol. The van der Waals surface area contributed by atoms with Crippen LogP contribution >= 0.6 is 0 Å². The summed E-state index contributed by atoms with van der Waals surface area (Å²) in [6.45, 7) is 1.88. The predicted molar refractivity (Wildman–Crippen MR) is 92.7 cm³/mol. The Balaban J connectivity index is 2.08. The molecule has 0 fully saturated rings. The van der Waals surface area contributed by atoms with Crippen molar-refractivity contribution in [2.45, 2.75) is 13.5 Å². The lowest BCUT2D eigenvalue weighted by Gasteiger charge is -2.09. The minimum absolute atomic E-state index is 0.0938. The minimum atomic E-state index is -0.538. The molecule has 0 aliphatic heterocycles. The summed E-state index contributed by atoms with van der Waals surface area (Å²) in [5.74, 6) is -0.0898. The topological polar surface area (TPSA) is 102 Å². The van der Waals surface area contributed by atoms with Crippen molar-refractivity contribution < 1.29 is 23.5 Å². The first-order chi connectivity index (χ1) is 12.6. The van der Waals surface area contributed by atoms with Crippen LogP contribution in [0.2, 0.25) is 0 Å². The third kappa shape index (κ3) is 5.53. The van der Waals surface area contributed by atoms with Gasteiger partial charge in [0.25, 0.3) is 5.91 Å². The summed E-state index contributed by atoms with van der Waals surface area (Å²) in [5.41, 5.74) is 0.408. The highest BCUT2D eigenvalue weighted by molar-refractivity contribution is 6.01. The van der Waals surface area contributed by atoms with Crippen molar-refractivity contribution in [3.63, 3.8) is 0 Å². The van der Waals surface area contributed by atoms with E-state index in [1.807, 2.05) is 6.07 Å². The molecule has 0 radical (unpaired) electrons. The molecule has 0 atom stereocenters. The van der Waals surface area contributed by atoms with Crippen molar-refractivity contribution in [3.05, 3.63) is 59.6 Å². The Kier molecular flexibility index (Phi) is 7.01. The minimum Gasteiger partial charge on any atom is -0.481 e. The second-order valence-electron chi connectivity index (χ2n) is 5.06.